The number of piperidine rings is 1. The van der Waals surface area contributed by atoms with Crippen LogP contribution >= 0.6 is 0 Å². The number of nitro benzene ring substituents is 1. The number of likely N-dealkylation sites (N-methyl/N-ethyl adjacent to an activating group) is 1. The number of amides is 1. The molecule has 7 nitrogen and oxygen atoms in total. The summed E-state index contributed by atoms with van der Waals surface area (Å²) in [5.41, 5.74) is 1.29. The van der Waals surface area contributed by atoms with Crippen LogP contribution in [-0.4, -0.2) is 66.9 Å². The van der Waals surface area contributed by atoms with Crippen LogP contribution in [0.15, 0.2) is 18.2 Å². The molecule has 0 N–H and O–H groups in total. The van der Waals surface area contributed by atoms with Crippen molar-refractivity contribution in [3.05, 3.63) is 33.9 Å². The number of non-ortho nitro benzene ring substituents is 1. The van der Waals surface area contributed by atoms with Crippen molar-refractivity contribution in [1.82, 2.24) is 9.80 Å². The van der Waals surface area contributed by atoms with Gasteiger partial charge in [-0.15, -0.1) is 0 Å². The molecule has 0 radical (unpaired) electrons. The van der Waals surface area contributed by atoms with E-state index >= 15 is 0 Å². The van der Waals surface area contributed by atoms with Crippen LogP contribution in [0.2, 0.25) is 0 Å². The highest BCUT2D eigenvalue weighted by Gasteiger charge is 2.27. The monoisotopic (exact) mass is 360 g/mol. The van der Waals surface area contributed by atoms with Gasteiger partial charge in [-0.2, -0.15) is 0 Å². The van der Waals surface area contributed by atoms with E-state index in [0.717, 1.165) is 51.1 Å². The molecule has 0 spiro atoms. The van der Waals surface area contributed by atoms with Crippen LogP contribution in [0.25, 0.3) is 0 Å². The van der Waals surface area contributed by atoms with E-state index in [4.69, 9.17) is 0 Å². The summed E-state index contributed by atoms with van der Waals surface area (Å²) < 4.78 is 0. The van der Waals surface area contributed by atoms with E-state index in [9.17, 15) is 14.9 Å². The zero-order chi connectivity index (χ0) is 18.7. The summed E-state index contributed by atoms with van der Waals surface area (Å²) in [5, 5.41) is 11.2. The summed E-state index contributed by atoms with van der Waals surface area (Å²) in [7, 11) is 2.06. The third-order valence-corrected chi connectivity index (χ3v) is 5.55. The molecule has 7 heteroatoms. The van der Waals surface area contributed by atoms with Gasteiger partial charge in [0.2, 0.25) is 0 Å². The van der Waals surface area contributed by atoms with Gasteiger partial charge in [-0.05, 0) is 44.8 Å². The lowest BCUT2D eigenvalue weighted by Crippen LogP contribution is -2.37. The van der Waals surface area contributed by atoms with Crippen molar-refractivity contribution < 1.29 is 9.72 Å². The second kappa shape index (κ2) is 8.03. The Balaban J connectivity index is 1.90. The first-order valence-electron chi connectivity index (χ1n) is 9.47. The molecular formula is C19H28N4O3. The molecule has 0 unspecified atom stereocenters. The quantitative estimate of drug-likeness (QED) is 0.612. The molecule has 0 aromatic heterocycles. The van der Waals surface area contributed by atoms with Crippen molar-refractivity contribution >= 4 is 17.3 Å². The molecule has 2 heterocycles. The standard InChI is InChI=1S/C19H28N4O3/c1-15-6-10-21(11-7-15)18-5-4-16(23(25)26)14-17(18)19(24)22-9-3-8-20(2)12-13-22/h4-5,14-15H,3,6-13H2,1-2H3. The Morgan fingerprint density at radius 1 is 1.12 bits per heavy atom. The summed E-state index contributed by atoms with van der Waals surface area (Å²) >= 11 is 0. The van der Waals surface area contributed by atoms with Gasteiger partial charge in [0.25, 0.3) is 11.6 Å². The molecule has 0 aliphatic carbocycles. The lowest BCUT2D eigenvalue weighted by molar-refractivity contribution is -0.384. The van der Waals surface area contributed by atoms with Gasteiger partial charge in [-0.25, -0.2) is 0 Å². The normalized spacial score (nSPS) is 20.1. The van der Waals surface area contributed by atoms with Gasteiger partial charge in [0.1, 0.15) is 0 Å². The Labute approximate surface area is 154 Å². The number of nitro groups is 1. The van der Waals surface area contributed by atoms with E-state index in [0.29, 0.717) is 24.6 Å². The SMILES string of the molecule is CC1CCN(c2ccc([N+](=O)[O-])cc2C(=O)N2CCCN(C)CC2)CC1. The van der Waals surface area contributed by atoms with E-state index in [1.807, 2.05) is 4.90 Å². The number of benzene rings is 1. The first-order valence-corrected chi connectivity index (χ1v) is 9.47. The maximum atomic E-state index is 13.2. The molecule has 0 saturated carbocycles. The molecular weight excluding hydrogens is 332 g/mol. The van der Waals surface area contributed by atoms with Crippen LogP contribution in [0.4, 0.5) is 11.4 Å². The second-order valence-electron chi connectivity index (χ2n) is 7.58. The first kappa shape index (κ1) is 18.6. The average molecular weight is 360 g/mol. The van der Waals surface area contributed by atoms with Crippen LogP contribution in [0.5, 0.6) is 0 Å². The maximum absolute atomic E-state index is 13.2. The van der Waals surface area contributed by atoms with Gasteiger partial charge in [0.05, 0.1) is 16.2 Å². The minimum absolute atomic E-state index is 0.0191. The van der Waals surface area contributed by atoms with Crippen molar-refractivity contribution in [1.29, 1.82) is 0 Å². The van der Waals surface area contributed by atoms with Crippen LogP contribution in [0, 0.1) is 16.0 Å². The highest BCUT2D eigenvalue weighted by molar-refractivity contribution is 6.00. The Bertz CT molecular complexity index is 671. The van der Waals surface area contributed by atoms with Crippen LogP contribution < -0.4 is 4.90 Å². The number of carbonyl (C=O) groups excluding carboxylic acids is 1. The van der Waals surface area contributed by atoms with Gasteiger partial charge in [0.15, 0.2) is 0 Å². The van der Waals surface area contributed by atoms with E-state index in [1.54, 1.807) is 6.07 Å². The Hall–Kier alpha value is -2.15. The van der Waals surface area contributed by atoms with Crippen LogP contribution in [0.3, 0.4) is 0 Å². The van der Waals surface area contributed by atoms with Crippen molar-refractivity contribution in [2.45, 2.75) is 26.2 Å². The fourth-order valence-corrected chi connectivity index (χ4v) is 3.75. The molecule has 3 rings (SSSR count). The highest BCUT2D eigenvalue weighted by atomic mass is 16.6. The molecule has 0 bridgehead atoms. The maximum Gasteiger partial charge on any atom is 0.270 e. The number of anilines is 1. The molecule has 142 valence electrons. The molecule has 2 aliphatic rings. The molecule has 1 aromatic carbocycles. The van der Waals surface area contributed by atoms with Gasteiger partial charge in [-0.3, -0.25) is 14.9 Å². The zero-order valence-electron chi connectivity index (χ0n) is 15.7. The molecule has 2 fully saturated rings. The molecule has 0 atom stereocenters. The van der Waals surface area contributed by atoms with Crippen molar-refractivity contribution in [2.75, 3.05) is 51.2 Å². The summed E-state index contributed by atoms with van der Waals surface area (Å²) in [6, 6.07) is 4.73. The lowest BCUT2D eigenvalue weighted by atomic mass is 9.97. The van der Waals surface area contributed by atoms with E-state index in [1.165, 1.54) is 12.1 Å². The predicted octanol–water partition coefficient (Wildman–Crippen LogP) is 2.61. The zero-order valence-corrected chi connectivity index (χ0v) is 15.7. The molecule has 2 aliphatic heterocycles. The Morgan fingerprint density at radius 3 is 2.54 bits per heavy atom. The predicted molar refractivity (Wildman–Crippen MR) is 102 cm³/mol. The molecule has 1 amide bonds. The summed E-state index contributed by atoms with van der Waals surface area (Å²) in [6.07, 6.45) is 3.09. The number of nitrogens with zero attached hydrogens (tertiary/aromatic N) is 4. The number of rotatable bonds is 3. The molecule has 1 aromatic rings. The second-order valence-corrected chi connectivity index (χ2v) is 7.58. The van der Waals surface area contributed by atoms with E-state index in [2.05, 4.69) is 23.8 Å². The summed E-state index contributed by atoms with van der Waals surface area (Å²) in [5.74, 6) is 0.599. The first-order chi connectivity index (χ1) is 12.5. The summed E-state index contributed by atoms with van der Waals surface area (Å²) in [4.78, 5) is 30.3. The number of hydrogen-bond donors (Lipinski definition) is 0. The fourth-order valence-electron chi connectivity index (χ4n) is 3.75. The van der Waals surface area contributed by atoms with Gasteiger partial charge in [0, 0.05) is 44.9 Å². The van der Waals surface area contributed by atoms with Crippen LogP contribution in [0.1, 0.15) is 36.5 Å². The van der Waals surface area contributed by atoms with Crippen molar-refractivity contribution in [3.63, 3.8) is 0 Å². The average Bonchev–Trinajstić information content (AvgIpc) is 2.86. The highest BCUT2D eigenvalue weighted by Crippen LogP contribution is 2.30. The largest absolute Gasteiger partial charge is 0.371 e. The van der Waals surface area contributed by atoms with Gasteiger partial charge in [-0.1, -0.05) is 6.92 Å². The minimum atomic E-state index is -0.422. The smallest absolute Gasteiger partial charge is 0.270 e. The molecule has 26 heavy (non-hydrogen) atoms. The molecule has 2 saturated heterocycles. The lowest BCUT2D eigenvalue weighted by Gasteiger charge is -2.34. The van der Waals surface area contributed by atoms with Crippen molar-refractivity contribution in [2.24, 2.45) is 5.92 Å². The third-order valence-electron chi connectivity index (χ3n) is 5.55. The van der Waals surface area contributed by atoms with E-state index in [-0.39, 0.29) is 11.6 Å². The minimum Gasteiger partial charge on any atom is -0.371 e. The van der Waals surface area contributed by atoms with Gasteiger partial charge >= 0.3 is 0 Å². The van der Waals surface area contributed by atoms with Gasteiger partial charge < -0.3 is 14.7 Å². The fraction of sp³-hybridized carbons (Fsp3) is 0.632. The van der Waals surface area contributed by atoms with E-state index < -0.39 is 4.92 Å². The van der Waals surface area contributed by atoms with Crippen molar-refractivity contribution in [3.8, 4) is 0 Å². The Kier molecular flexibility index (Phi) is 5.76. The summed E-state index contributed by atoms with van der Waals surface area (Å²) in [6.45, 7) is 7.18. The number of carbonyl (C=O) groups is 1. The Morgan fingerprint density at radius 2 is 1.85 bits per heavy atom. The third kappa shape index (κ3) is 4.15. The number of hydrogen-bond acceptors (Lipinski definition) is 5. The topological polar surface area (TPSA) is 69.9 Å². The van der Waals surface area contributed by atoms with Crippen LogP contribution in [-0.2, 0) is 0 Å².